The molecule has 1 aliphatic carbocycles. The maximum atomic E-state index is 12.2. The zero-order valence-corrected chi connectivity index (χ0v) is 26.4. The second kappa shape index (κ2) is 20.6. The first-order chi connectivity index (χ1) is 12.1. The van der Waals surface area contributed by atoms with Gasteiger partial charge in [0.2, 0.25) is 0 Å². The lowest BCUT2D eigenvalue weighted by Crippen LogP contribution is -2.06. The van der Waals surface area contributed by atoms with Gasteiger partial charge in [0.1, 0.15) is 5.82 Å². The number of hydrogen-bond acceptors (Lipinski definition) is 0. The summed E-state index contributed by atoms with van der Waals surface area (Å²) in [6.45, 7) is 0. The van der Waals surface area contributed by atoms with Crippen molar-refractivity contribution in [2.24, 2.45) is 0 Å². The minimum Gasteiger partial charge on any atom is -0.307 e. The van der Waals surface area contributed by atoms with E-state index in [0.717, 1.165) is 0 Å². The molecule has 0 radical (unpaired) electrons. The zero-order valence-electron chi connectivity index (χ0n) is 14.4. The minimum atomic E-state index is -0.279. The Morgan fingerprint density at radius 3 is 1.52 bits per heavy atom. The van der Waals surface area contributed by atoms with E-state index in [-0.39, 0.29) is 78.6 Å². The van der Waals surface area contributed by atoms with Gasteiger partial charge in [-0.05, 0) is 12.1 Å². The average molecular weight is 645 g/mol. The Labute approximate surface area is 214 Å². The monoisotopic (exact) mass is 640 g/mol. The van der Waals surface area contributed by atoms with Gasteiger partial charge in [0.25, 0.3) is 0 Å². The molecule has 0 amide bonds. The van der Waals surface area contributed by atoms with E-state index < -0.39 is 0 Å². The Morgan fingerprint density at radius 1 is 0.800 bits per heavy atom. The van der Waals surface area contributed by atoms with Gasteiger partial charge in [-0.3, -0.25) is 25.8 Å². The largest absolute Gasteiger partial charge is 0.506 e. The maximum Gasteiger partial charge on any atom is 0.506 e. The molecule has 1 saturated carbocycles. The highest BCUT2D eigenvalue weighted by atomic mass is 79.9. The molecule has 0 N–H and O–H groups in total. The molecule has 25 heavy (non-hydrogen) atoms. The van der Waals surface area contributed by atoms with Crippen LogP contribution in [0.3, 0.4) is 0 Å². The van der Waals surface area contributed by atoms with Gasteiger partial charge in [-0.1, -0.05) is 55.3 Å². The summed E-state index contributed by atoms with van der Waals surface area (Å²) in [7, 11) is 0. The van der Waals surface area contributed by atoms with Crippen molar-refractivity contribution in [3.05, 3.63) is 60.4 Å². The number of rotatable bonds is 3. The molecule has 0 bridgehead atoms. The van der Waals surface area contributed by atoms with E-state index in [1.165, 1.54) is 36.4 Å². The smallest absolute Gasteiger partial charge is 0.307 e. The first kappa shape index (κ1) is 28.4. The minimum absolute atomic E-state index is 0.0962. The third kappa shape index (κ3) is 19.1. The molecule has 2 aromatic rings. The van der Waals surface area contributed by atoms with E-state index in [2.05, 4.69) is 80.9 Å². The normalized spacial score (nSPS) is 10.5. The van der Waals surface area contributed by atoms with Crippen molar-refractivity contribution in [3.8, 4) is 0 Å². The number of hydrogen-bond donors (Lipinski definition) is 0. The van der Waals surface area contributed by atoms with E-state index >= 15 is 0 Å². The molecule has 1 aliphatic rings. The van der Waals surface area contributed by atoms with Crippen LogP contribution in [0.2, 0.25) is 9.10 Å². The Kier molecular flexibility index (Phi) is 23.4. The van der Waals surface area contributed by atoms with Crippen molar-refractivity contribution in [3.63, 3.8) is 0 Å². The highest BCUT2D eigenvalue weighted by Gasteiger charge is 2.20. The molecule has 1 fully saturated rings. The average Bonchev–Trinajstić information content (AvgIpc) is 3.49. The van der Waals surface area contributed by atoms with E-state index in [9.17, 15) is 4.39 Å². The van der Waals surface area contributed by atoms with Gasteiger partial charge in [0.15, 0.2) is 0 Å². The van der Waals surface area contributed by atoms with Crippen molar-refractivity contribution in [1.29, 1.82) is 0 Å². The summed E-state index contributed by atoms with van der Waals surface area (Å²) in [5, 5.41) is 2.18. The van der Waals surface area contributed by atoms with Gasteiger partial charge in [0, 0.05) is 0 Å². The molecule has 0 unspecified atom stereocenters. The van der Waals surface area contributed by atoms with E-state index in [4.69, 9.17) is 0 Å². The number of benzene rings is 2. The molecule has 0 spiro atoms. The van der Waals surface area contributed by atoms with Crippen LogP contribution in [-0.2, 0) is 0 Å². The Bertz CT molecular complexity index is 527. The van der Waals surface area contributed by atoms with Crippen molar-refractivity contribution < 1.29 is 4.39 Å². The Balaban J connectivity index is 0.000000330. The van der Waals surface area contributed by atoms with Crippen molar-refractivity contribution in [2.75, 3.05) is 0 Å². The summed E-state index contributed by atoms with van der Waals surface area (Å²) in [5.41, 5.74) is 0. The predicted octanol–water partition coefficient (Wildman–Crippen LogP) is 5.42. The maximum absolute atomic E-state index is 12.2. The predicted molar refractivity (Wildman–Crippen MR) is 130 cm³/mol. The molecule has 124 valence electrons. The van der Waals surface area contributed by atoms with Crippen molar-refractivity contribution in [1.82, 2.24) is 0 Å². The van der Waals surface area contributed by atoms with Crippen LogP contribution in [0.4, 0.5) is 4.39 Å². The van der Waals surface area contributed by atoms with Gasteiger partial charge in [-0.2, -0.15) is 7.39 Å². The van der Waals surface area contributed by atoms with E-state index in [1.54, 1.807) is 0 Å². The fourth-order valence-corrected chi connectivity index (χ4v) is 7.01. The van der Waals surface area contributed by atoms with Crippen LogP contribution in [0, 0.1) is 5.82 Å². The lowest BCUT2D eigenvalue weighted by Gasteiger charge is -1.90. The summed E-state index contributed by atoms with van der Waals surface area (Å²) in [5.74, 6) is -0.159. The van der Waals surface area contributed by atoms with Gasteiger partial charge in [-0.25, -0.2) is 4.39 Å². The fourth-order valence-electron chi connectivity index (χ4n) is 1.41. The first-order valence-electron chi connectivity index (χ1n) is 8.13. The van der Waals surface area contributed by atoms with Crippen LogP contribution in [0.15, 0.2) is 54.6 Å². The summed E-state index contributed by atoms with van der Waals surface area (Å²) in [6, 6.07) is 17.1. The van der Waals surface area contributed by atoms with Crippen LogP contribution < -0.4 is 7.39 Å². The molecular formula is C16H17Br4FMg4. The van der Waals surface area contributed by atoms with Gasteiger partial charge in [-0.15, -0.1) is 9.10 Å². The third-order valence-corrected chi connectivity index (χ3v) is 12.4. The lowest BCUT2D eigenvalue weighted by atomic mass is 10.3. The van der Waals surface area contributed by atoms with Crippen LogP contribution in [-0.4, -0.2) is 72.8 Å². The summed E-state index contributed by atoms with van der Waals surface area (Å²) >= 11 is 13.8. The van der Waals surface area contributed by atoms with Crippen LogP contribution >= 0.6 is 51.5 Å². The standard InChI is InChI=1S/C6H4F.C6H5.C3H5.CH3.4BrH.4Mg/c7-6-4-2-1-3-5-6;1-2-4-6-5-3-1;1-2-3-1;;;;;;;;;/h2-5H;1-5H;1H,2-3H2;1H3;4*1H;;;;/q;;;;;;;;4*+1/p-4. The molecule has 0 aromatic heterocycles. The van der Waals surface area contributed by atoms with E-state index in [1.807, 2.05) is 18.2 Å². The topological polar surface area (TPSA) is 0 Å². The van der Waals surface area contributed by atoms with Gasteiger partial charge in [0.05, 0.1) is 0 Å². The molecule has 2 aromatic carbocycles. The second-order valence-electron chi connectivity index (χ2n) is 5.24. The van der Waals surface area contributed by atoms with Gasteiger partial charge < -0.3 is 25.8 Å². The Hall–Kier alpha value is 3.35. The molecule has 0 nitrogen and oxygen atoms in total. The SMILES string of the molecule is Fc1cc[c]([Mg][Br])cc1.[Br][Mg][CH]1CC1.[Br][Mg][c]1ccccc1.[CH3][Mg][Br]. The molecule has 0 atom stereocenters. The molecule has 0 aliphatic heterocycles. The van der Waals surface area contributed by atoms with Crippen molar-refractivity contribution in [2.45, 2.75) is 21.9 Å². The first-order valence-corrected chi connectivity index (χ1v) is 27.4. The lowest BCUT2D eigenvalue weighted by molar-refractivity contribution is 0.628. The quantitative estimate of drug-likeness (QED) is 0.392. The second-order valence-corrected chi connectivity index (χ2v) is 18.1. The van der Waals surface area contributed by atoms with Gasteiger partial charge >= 0.3 is 72.8 Å². The highest BCUT2D eigenvalue weighted by molar-refractivity contribution is 9.24. The van der Waals surface area contributed by atoms with Crippen LogP contribution in [0.1, 0.15) is 12.8 Å². The van der Waals surface area contributed by atoms with Crippen LogP contribution in [0.5, 0.6) is 0 Å². The molecule has 0 heterocycles. The Morgan fingerprint density at radius 2 is 1.24 bits per heavy atom. The highest BCUT2D eigenvalue weighted by Crippen LogP contribution is 2.35. The van der Waals surface area contributed by atoms with Crippen LogP contribution in [0.25, 0.3) is 0 Å². The number of halogens is 5. The molecule has 0 saturated heterocycles. The molecule has 3 rings (SSSR count). The summed E-state index contributed by atoms with van der Waals surface area (Å²) < 4.78 is 16.1. The zero-order chi connectivity index (χ0) is 18.9. The molecule has 9 heteroatoms. The third-order valence-electron chi connectivity index (χ3n) is 2.98. The molecular weight excluding hydrogens is 628 g/mol. The summed E-state index contributed by atoms with van der Waals surface area (Å²) in [4.78, 5) is 0. The summed E-state index contributed by atoms with van der Waals surface area (Å²) in [6.07, 6.45) is 3.05. The van der Waals surface area contributed by atoms with Crippen molar-refractivity contribution >= 4 is 132 Å². The van der Waals surface area contributed by atoms with E-state index in [0.29, 0.717) is 0 Å². The fraction of sp³-hybridized carbons (Fsp3) is 0.250.